The molecule has 0 aliphatic carbocycles. The van der Waals surface area contributed by atoms with Gasteiger partial charge >= 0.3 is 29.8 Å². The Morgan fingerprint density at radius 3 is 1.43 bits per heavy atom. The van der Waals surface area contributed by atoms with E-state index in [-0.39, 0.29) is 6.42 Å². The molecule has 0 rings (SSSR count). The first kappa shape index (κ1) is 37.5. The largest absolute Gasteiger partial charge is 0.460 e. The third kappa shape index (κ3) is 20.4. The minimum atomic E-state index is -2.09. The van der Waals surface area contributed by atoms with Gasteiger partial charge in [0.05, 0.1) is 6.61 Å². The second kappa shape index (κ2) is 24.3. The fourth-order valence-corrected chi connectivity index (χ4v) is 4.00. The molecule has 0 aromatic carbocycles. The van der Waals surface area contributed by atoms with Gasteiger partial charge in [0.1, 0.15) is 12.7 Å². The van der Waals surface area contributed by atoms with Crippen LogP contribution in [0.25, 0.3) is 0 Å². The lowest BCUT2D eigenvalue weighted by Gasteiger charge is -2.23. The summed E-state index contributed by atoms with van der Waals surface area (Å²) in [6.45, 7) is 2.73. The van der Waals surface area contributed by atoms with Crippen LogP contribution in [0, 0.1) is 0 Å². The summed E-state index contributed by atoms with van der Waals surface area (Å²) >= 11 is 0. The summed E-state index contributed by atoms with van der Waals surface area (Å²) in [6.07, 6.45) is 11.8. The van der Waals surface area contributed by atoms with Crippen molar-refractivity contribution in [2.75, 3.05) is 13.2 Å². The van der Waals surface area contributed by atoms with Gasteiger partial charge < -0.3 is 29.2 Å². The second-order valence-corrected chi connectivity index (χ2v) is 10.0. The van der Waals surface area contributed by atoms with Crippen molar-refractivity contribution in [3.63, 3.8) is 0 Å². The standard InChI is InChI=1S/C29H50O11/c1-4-5-6-7-8-9-10-11-12-13-14-15-16-17-18-19-25(34)40-29(36)27(39-23(3)32)26(38-22(2)31)28(35)37-21-24(33)20-30/h24,26-27,30,33H,4-21H2,1-3H3. The van der Waals surface area contributed by atoms with Crippen LogP contribution in [0.2, 0.25) is 0 Å². The minimum absolute atomic E-state index is 0.0534. The third-order valence-corrected chi connectivity index (χ3v) is 6.15. The van der Waals surface area contributed by atoms with Gasteiger partial charge in [-0.25, -0.2) is 9.59 Å². The molecule has 40 heavy (non-hydrogen) atoms. The molecule has 0 aliphatic heterocycles. The van der Waals surface area contributed by atoms with Crippen LogP contribution in [0.1, 0.15) is 124 Å². The Morgan fingerprint density at radius 1 is 0.625 bits per heavy atom. The van der Waals surface area contributed by atoms with Gasteiger partial charge in [-0.1, -0.05) is 96.8 Å². The zero-order chi connectivity index (χ0) is 30.2. The van der Waals surface area contributed by atoms with E-state index < -0.39 is 61.4 Å². The lowest BCUT2D eigenvalue weighted by molar-refractivity contribution is -0.193. The maximum Gasteiger partial charge on any atom is 0.359 e. The van der Waals surface area contributed by atoms with Crippen LogP contribution in [0.15, 0.2) is 0 Å². The summed E-state index contributed by atoms with van der Waals surface area (Å²) < 4.78 is 19.1. The summed E-state index contributed by atoms with van der Waals surface area (Å²) in [7, 11) is 0. The average molecular weight is 575 g/mol. The first-order chi connectivity index (χ1) is 19.1. The highest BCUT2D eigenvalue weighted by Gasteiger charge is 2.42. The molecule has 0 heterocycles. The number of aliphatic hydroxyl groups is 2. The van der Waals surface area contributed by atoms with E-state index in [1.54, 1.807) is 0 Å². The molecule has 3 atom stereocenters. The van der Waals surface area contributed by atoms with E-state index in [1.165, 1.54) is 64.2 Å². The van der Waals surface area contributed by atoms with E-state index in [1.807, 2.05) is 0 Å². The van der Waals surface area contributed by atoms with Crippen molar-refractivity contribution in [3.8, 4) is 0 Å². The van der Waals surface area contributed by atoms with Crippen molar-refractivity contribution in [3.05, 3.63) is 0 Å². The molecule has 0 aromatic heterocycles. The molecule has 0 saturated heterocycles. The first-order valence-corrected chi connectivity index (χ1v) is 14.7. The lowest BCUT2D eigenvalue weighted by Crippen LogP contribution is -2.47. The molecule has 3 unspecified atom stereocenters. The highest BCUT2D eigenvalue weighted by molar-refractivity contribution is 5.93. The minimum Gasteiger partial charge on any atom is -0.460 e. The van der Waals surface area contributed by atoms with Gasteiger partial charge in [-0.05, 0) is 6.42 Å². The predicted molar refractivity (Wildman–Crippen MR) is 146 cm³/mol. The van der Waals surface area contributed by atoms with Gasteiger partial charge in [-0.15, -0.1) is 0 Å². The fourth-order valence-electron chi connectivity index (χ4n) is 4.00. The molecule has 0 spiro atoms. The molecule has 0 aromatic rings. The van der Waals surface area contributed by atoms with Crippen molar-refractivity contribution in [1.29, 1.82) is 0 Å². The number of ether oxygens (including phenoxy) is 4. The van der Waals surface area contributed by atoms with Gasteiger partial charge in [0.2, 0.25) is 12.2 Å². The Bertz CT molecular complexity index is 737. The number of carbonyl (C=O) groups excluding carboxylic acids is 5. The van der Waals surface area contributed by atoms with Crippen LogP contribution in [0.3, 0.4) is 0 Å². The van der Waals surface area contributed by atoms with Crippen molar-refractivity contribution in [1.82, 2.24) is 0 Å². The van der Waals surface area contributed by atoms with Crippen LogP contribution >= 0.6 is 0 Å². The van der Waals surface area contributed by atoms with Crippen LogP contribution in [0.5, 0.6) is 0 Å². The zero-order valence-corrected chi connectivity index (χ0v) is 24.5. The van der Waals surface area contributed by atoms with Crippen molar-refractivity contribution >= 4 is 29.8 Å². The highest BCUT2D eigenvalue weighted by atomic mass is 16.6. The van der Waals surface area contributed by atoms with Gasteiger partial charge in [-0.3, -0.25) is 14.4 Å². The number of aliphatic hydroxyl groups excluding tert-OH is 2. The monoisotopic (exact) mass is 574 g/mol. The van der Waals surface area contributed by atoms with E-state index in [4.69, 9.17) is 24.1 Å². The number of hydrogen-bond acceptors (Lipinski definition) is 11. The Morgan fingerprint density at radius 2 is 1.02 bits per heavy atom. The van der Waals surface area contributed by atoms with Crippen molar-refractivity contribution in [2.24, 2.45) is 0 Å². The van der Waals surface area contributed by atoms with Gasteiger partial charge in [0.15, 0.2) is 0 Å². The van der Waals surface area contributed by atoms with E-state index in [0.29, 0.717) is 6.42 Å². The van der Waals surface area contributed by atoms with Gasteiger partial charge in [0.25, 0.3) is 0 Å². The SMILES string of the molecule is CCCCCCCCCCCCCCCCCC(=O)OC(=O)C(OC(C)=O)C(OC(C)=O)C(=O)OCC(O)CO. The Balaban J connectivity index is 4.38. The normalized spacial score (nSPS) is 13.1. The van der Waals surface area contributed by atoms with Gasteiger partial charge in [0, 0.05) is 20.3 Å². The number of rotatable bonds is 24. The highest BCUT2D eigenvalue weighted by Crippen LogP contribution is 2.15. The maximum atomic E-state index is 12.6. The van der Waals surface area contributed by atoms with Crippen LogP contribution in [-0.2, 0) is 42.9 Å². The molecule has 2 N–H and O–H groups in total. The second-order valence-electron chi connectivity index (χ2n) is 10.0. The Labute approximate surface area is 238 Å². The maximum absolute atomic E-state index is 12.6. The molecule has 0 aliphatic rings. The van der Waals surface area contributed by atoms with E-state index in [2.05, 4.69) is 6.92 Å². The third-order valence-electron chi connectivity index (χ3n) is 6.15. The molecular weight excluding hydrogens is 524 g/mol. The molecule has 0 saturated carbocycles. The van der Waals surface area contributed by atoms with Crippen molar-refractivity contribution < 1.29 is 53.1 Å². The molecule has 0 amide bonds. The number of carbonyl (C=O) groups is 5. The topological polar surface area (TPSA) is 163 Å². The quantitative estimate of drug-likeness (QED) is 0.0739. The van der Waals surface area contributed by atoms with Crippen molar-refractivity contribution in [2.45, 2.75) is 142 Å². The summed E-state index contributed by atoms with van der Waals surface area (Å²) in [6, 6.07) is 0. The summed E-state index contributed by atoms with van der Waals surface area (Å²) in [5.41, 5.74) is 0. The molecule has 11 nitrogen and oxygen atoms in total. The summed E-state index contributed by atoms with van der Waals surface area (Å²) in [5.74, 6) is -5.61. The van der Waals surface area contributed by atoms with Gasteiger partial charge in [-0.2, -0.15) is 0 Å². The van der Waals surface area contributed by atoms with Crippen LogP contribution in [-0.4, -0.2) is 71.6 Å². The van der Waals surface area contributed by atoms with E-state index in [9.17, 15) is 29.1 Å². The molecule has 11 heteroatoms. The Kier molecular flexibility index (Phi) is 22.7. The summed E-state index contributed by atoms with van der Waals surface area (Å²) in [4.78, 5) is 60.1. The fraction of sp³-hybridized carbons (Fsp3) is 0.828. The number of unbranched alkanes of at least 4 members (excludes halogenated alkanes) is 14. The molecule has 0 fully saturated rings. The average Bonchev–Trinajstić information content (AvgIpc) is 2.90. The summed E-state index contributed by atoms with van der Waals surface area (Å²) in [5, 5.41) is 18.2. The predicted octanol–water partition coefficient (Wildman–Crippen LogP) is 4.08. The molecule has 0 radical (unpaired) electrons. The zero-order valence-electron chi connectivity index (χ0n) is 24.5. The Hall–Kier alpha value is -2.53. The van der Waals surface area contributed by atoms with Crippen LogP contribution < -0.4 is 0 Å². The smallest absolute Gasteiger partial charge is 0.359 e. The number of hydrogen-bond donors (Lipinski definition) is 2. The lowest BCUT2D eigenvalue weighted by atomic mass is 10.0. The first-order valence-electron chi connectivity index (χ1n) is 14.7. The molecule has 0 bridgehead atoms. The van der Waals surface area contributed by atoms with E-state index in [0.717, 1.165) is 39.5 Å². The molecular formula is C29H50O11. The number of esters is 5. The van der Waals surface area contributed by atoms with Crippen LogP contribution in [0.4, 0.5) is 0 Å². The molecule has 232 valence electrons. The van der Waals surface area contributed by atoms with E-state index >= 15 is 0 Å².